The Morgan fingerprint density at radius 2 is 2.06 bits per heavy atom. The minimum atomic E-state index is 0.726. The van der Waals surface area contributed by atoms with Gasteiger partial charge in [-0.15, -0.1) is 0 Å². The van der Waals surface area contributed by atoms with Crippen LogP contribution in [0.5, 0.6) is 0 Å². The fourth-order valence-electron chi connectivity index (χ4n) is 2.69. The van der Waals surface area contributed by atoms with Crippen molar-refractivity contribution in [2.75, 3.05) is 50.8 Å². The molecule has 17 heavy (non-hydrogen) atoms. The molecule has 2 atom stereocenters. The molecule has 2 unspecified atom stereocenters. The third-order valence-electron chi connectivity index (χ3n) is 4.10. The average Bonchev–Trinajstić information content (AvgIpc) is 2.40. The maximum absolute atomic E-state index is 3.64. The van der Waals surface area contributed by atoms with Gasteiger partial charge in [0.15, 0.2) is 0 Å². The summed E-state index contributed by atoms with van der Waals surface area (Å²) in [5.74, 6) is 2.59. The number of nitrogens with one attached hydrogen (secondary N) is 1. The van der Waals surface area contributed by atoms with Crippen LogP contribution in [0.4, 0.5) is 0 Å². The monoisotopic (exact) mass is 257 g/mol. The molecule has 2 aliphatic heterocycles. The molecular formula is C13H27N3S. The maximum atomic E-state index is 3.64. The van der Waals surface area contributed by atoms with Gasteiger partial charge < -0.3 is 5.32 Å². The average molecular weight is 257 g/mol. The molecule has 0 amide bonds. The van der Waals surface area contributed by atoms with Gasteiger partial charge in [-0.3, -0.25) is 9.80 Å². The zero-order chi connectivity index (χ0) is 12.1. The fourth-order valence-corrected chi connectivity index (χ4v) is 3.63. The first-order valence-electron chi connectivity index (χ1n) is 7.07. The third-order valence-corrected chi connectivity index (χ3v) is 5.23. The highest BCUT2D eigenvalue weighted by Gasteiger charge is 2.22. The van der Waals surface area contributed by atoms with E-state index in [4.69, 9.17) is 0 Å². The number of hydrogen-bond acceptors (Lipinski definition) is 4. The van der Waals surface area contributed by atoms with Gasteiger partial charge in [0.1, 0.15) is 0 Å². The predicted molar refractivity (Wildman–Crippen MR) is 76.9 cm³/mol. The van der Waals surface area contributed by atoms with Crippen LogP contribution in [0, 0.1) is 0 Å². The highest BCUT2D eigenvalue weighted by molar-refractivity contribution is 7.99. The van der Waals surface area contributed by atoms with Gasteiger partial charge in [0.25, 0.3) is 0 Å². The highest BCUT2D eigenvalue weighted by Crippen LogP contribution is 2.12. The van der Waals surface area contributed by atoms with Gasteiger partial charge in [0, 0.05) is 62.9 Å². The molecule has 3 nitrogen and oxygen atoms in total. The van der Waals surface area contributed by atoms with Crippen LogP contribution in [-0.4, -0.2) is 72.7 Å². The third kappa shape index (κ3) is 4.12. The van der Waals surface area contributed by atoms with E-state index in [9.17, 15) is 0 Å². The van der Waals surface area contributed by atoms with Crippen LogP contribution < -0.4 is 5.32 Å². The SMILES string of the molecule is CCC(C)N1CCN(CC2CSCCN2)CC1. The Labute approximate surface area is 110 Å². The van der Waals surface area contributed by atoms with Gasteiger partial charge >= 0.3 is 0 Å². The smallest absolute Gasteiger partial charge is 0.0285 e. The zero-order valence-electron chi connectivity index (χ0n) is 11.3. The van der Waals surface area contributed by atoms with Crippen molar-refractivity contribution in [1.29, 1.82) is 0 Å². The summed E-state index contributed by atoms with van der Waals surface area (Å²) in [4.78, 5) is 5.28. The molecule has 1 N–H and O–H groups in total. The number of piperazine rings is 1. The lowest BCUT2D eigenvalue weighted by Gasteiger charge is -2.39. The Hall–Kier alpha value is 0.230. The molecule has 2 saturated heterocycles. The van der Waals surface area contributed by atoms with E-state index in [0.29, 0.717) is 0 Å². The van der Waals surface area contributed by atoms with Crippen LogP contribution in [-0.2, 0) is 0 Å². The summed E-state index contributed by atoms with van der Waals surface area (Å²) in [7, 11) is 0. The summed E-state index contributed by atoms with van der Waals surface area (Å²) in [6, 6.07) is 1.49. The Morgan fingerprint density at radius 1 is 1.29 bits per heavy atom. The summed E-state index contributed by atoms with van der Waals surface area (Å²) < 4.78 is 0. The molecule has 4 heteroatoms. The van der Waals surface area contributed by atoms with Gasteiger partial charge in [-0.1, -0.05) is 6.92 Å². The van der Waals surface area contributed by atoms with E-state index in [1.165, 1.54) is 57.2 Å². The Bertz CT molecular complexity index is 211. The molecule has 0 aliphatic carbocycles. The Balaban J connectivity index is 1.67. The molecule has 0 spiro atoms. The van der Waals surface area contributed by atoms with Gasteiger partial charge in [0.2, 0.25) is 0 Å². The van der Waals surface area contributed by atoms with Crippen LogP contribution in [0.3, 0.4) is 0 Å². The second-order valence-electron chi connectivity index (χ2n) is 5.32. The molecule has 0 aromatic carbocycles. The van der Waals surface area contributed by atoms with E-state index < -0.39 is 0 Å². The van der Waals surface area contributed by atoms with Crippen molar-refractivity contribution < 1.29 is 0 Å². The molecule has 100 valence electrons. The standard InChI is InChI=1S/C13H27N3S/c1-3-12(2)16-7-5-15(6-8-16)10-13-11-17-9-4-14-13/h12-14H,3-11H2,1-2H3. The molecule has 0 aromatic rings. The minimum Gasteiger partial charge on any atom is -0.311 e. The maximum Gasteiger partial charge on any atom is 0.0285 e. The van der Waals surface area contributed by atoms with Crippen molar-refractivity contribution in [2.45, 2.75) is 32.4 Å². The van der Waals surface area contributed by atoms with Crippen LogP contribution in [0.2, 0.25) is 0 Å². The molecule has 0 radical (unpaired) electrons. The molecule has 0 aromatic heterocycles. The second kappa shape index (κ2) is 6.98. The Morgan fingerprint density at radius 3 is 2.65 bits per heavy atom. The molecule has 0 saturated carbocycles. The first-order chi connectivity index (χ1) is 8.29. The minimum absolute atomic E-state index is 0.726. The van der Waals surface area contributed by atoms with Crippen LogP contribution in [0.1, 0.15) is 20.3 Å². The van der Waals surface area contributed by atoms with E-state index in [2.05, 4.69) is 40.7 Å². The lowest BCUT2D eigenvalue weighted by Crippen LogP contribution is -2.53. The number of thioether (sulfide) groups is 1. The number of hydrogen-bond donors (Lipinski definition) is 1. The summed E-state index contributed by atoms with van der Waals surface area (Å²) in [6.07, 6.45) is 1.28. The zero-order valence-corrected chi connectivity index (χ0v) is 12.1. The topological polar surface area (TPSA) is 18.5 Å². The Kier molecular flexibility index (Phi) is 5.60. The summed E-state index contributed by atoms with van der Waals surface area (Å²) in [5.41, 5.74) is 0. The normalized spacial score (nSPS) is 30.4. The quantitative estimate of drug-likeness (QED) is 0.813. The van der Waals surface area contributed by atoms with Crippen molar-refractivity contribution in [1.82, 2.24) is 15.1 Å². The summed E-state index contributed by atoms with van der Waals surface area (Å²) in [5, 5.41) is 3.64. The van der Waals surface area contributed by atoms with E-state index in [-0.39, 0.29) is 0 Å². The molecule has 2 heterocycles. The van der Waals surface area contributed by atoms with Crippen molar-refractivity contribution in [2.24, 2.45) is 0 Å². The second-order valence-corrected chi connectivity index (χ2v) is 6.47. The molecular weight excluding hydrogens is 230 g/mol. The largest absolute Gasteiger partial charge is 0.311 e. The van der Waals surface area contributed by atoms with Crippen molar-refractivity contribution in [3.63, 3.8) is 0 Å². The molecule has 2 fully saturated rings. The molecule has 2 aliphatic rings. The van der Waals surface area contributed by atoms with E-state index >= 15 is 0 Å². The number of rotatable bonds is 4. The van der Waals surface area contributed by atoms with E-state index in [1.54, 1.807) is 0 Å². The predicted octanol–water partition coefficient (Wildman–Crippen LogP) is 1.11. The first kappa shape index (κ1) is 13.7. The highest BCUT2D eigenvalue weighted by atomic mass is 32.2. The number of nitrogens with zero attached hydrogens (tertiary/aromatic N) is 2. The van der Waals surface area contributed by atoms with Crippen LogP contribution >= 0.6 is 11.8 Å². The lowest BCUT2D eigenvalue weighted by molar-refractivity contribution is 0.0955. The molecule has 2 rings (SSSR count). The van der Waals surface area contributed by atoms with Gasteiger partial charge in [-0.25, -0.2) is 0 Å². The van der Waals surface area contributed by atoms with E-state index in [0.717, 1.165) is 12.1 Å². The van der Waals surface area contributed by atoms with Crippen LogP contribution in [0.25, 0.3) is 0 Å². The molecule has 0 bridgehead atoms. The van der Waals surface area contributed by atoms with Crippen molar-refractivity contribution in [3.05, 3.63) is 0 Å². The van der Waals surface area contributed by atoms with Crippen molar-refractivity contribution in [3.8, 4) is 0 Å². The van der Waals surface area contributed by atoms with E-state index in [1.807, 2.05) is 0 Å². The van der Waals surface area contributed by atoms with Gasteiger partial charge in [0.05, 0.1) is 0 Å². The van der Waals surface area contributed by atoms with Crippen molar-refractivity contribution >= 4 is 11.8 Å². The van der Waals surface area contributed by atoms with Crippen LogP contribution in [0.15, 0.2) is 0 Å². The van der Waals surface area contributed by atoms with Gasteiger partial charge in [-0.2, -0.15) is 11.8 Å². The lowest BCUT2D eigenvalue weighted by atomic mass is 10.2. The summed E-state index contributed by atoms with van der Waals surface area (Å²) >= 11 is 2.10. The fraction of sp³-hybridized carbons (Fsp3) is 1.00. The van der Waals surface area contributed by atoms with Gasteiger partial charge in [-0.05, 0) is 13.3 Å². The first-order valence-corrected chi connectivity index (χ1v) is 8.22. The summed E-state index contributed by atoms with van der Waals surface area (Å²) in [6.45, 7) is 12.1.